The van der Waals surface area contributed by atoms with Crippen LogP contribution in [0.4, 0.5) is 0 Å². The molecule has 14 aromatic carbocycles. The first-order valence-corrected chi connectivity index (χ1v) is 38.7. The first-order valence-electron chi connectivity index (χ1n) is 38.7. The van der Waals surface area contributed by atoms with Gasteiger partial charge in [-0.05, 0) is 174 Å². The number of benzene rings is 14. The molecule has 0 radical (unpaired) electrons. The van der Waals surface area contributed by atoms with E-state index in [0.717, 1.165) is 0 Å². The number of rotatable bonds is 4. The third-order valence-electron chi connectivity index (χ3n) is 21.4. The predicted molar refractivity (Wildman–Crippen MR) is 472 cm³/mol. The number of aromatic nitrogens is 5. The van der Waals surface area contributed by atoms with Gasteiger partial charge >= 0.3 is 0 Å². The monoisotopic (exact) mass is 1420 g/mol. The molecule has 0 aliphatic carbocycles. The van der Waals surface area contributed by atoms with Gasteiger partial charge in [-0.15, -0.1) is 0 Å². The largest absolute Gasteiger partial charge is 0.335 e. The van der Waals surface area contributed by atoms with Crippen molar-refractivity contribution in [1.82, 2.24) is 22.8 Å². The van der Waals surface area contributed by atoms with Gasteiger partial charge in [0, 0.05) is 93.2 Å². The van der Waals surface area contributed by atoms with Crippen molar-refractivity contribution in [3.05, 3.63) is 362 Å². The topological polar surface area (TPSA) is 24.6 Å². The van der Waals surface area contributed by atoms with Crippen molar-refractivity contribution in [2.75, 3.05) is 0 Å². The summed E-state index contributed by atoms with van der Waals surface area (Å²) in [7, 11) is 0. The minimum atomic E-state index is 0.0976. The lowest BCUT2D eigenvalue weighted by atomic mass is 9.84. The molecule has 0 N–H and O–H groups in total. The molecule has 0 aliphatic heterocycles. The number of hydrogen-bond acceptors (Lipinski definition) is 0. The summed E-state index contributed by atoms with van der Waals surface area (Å²) in [5, 5.41) is 13.3. The molecule has 5 heterocycles. The van der Waals surface area contributed by atoms with Crippen LogP contribution in [-0.4, -0.2) is 22.8 Å². The summed E-state index contributed by atoms with van der Waals surface area (Å²) < 4.78 is 11.9. The summed E-state index contributed by atoms with van der Waals surface area (Å²) in [4.78, 5) is 0. The Bertz CT molecular complexity index is 6340. The van der Waals surface area contributed by atoms with Gasteiger partial charge in [-0.1, -0.05) is 314 Å². The Labute approximate surface area is 643 Å². The highest BCUT2D eigenvalue weighted by molar-refractivity contribution is 6.14. The molecule has 19 rings (SSSR count). The van der Waals surface area contributed by atoms with E-state index in [9.17, 15) is 0 Å². The van der Waals surface area contributed by atoms with Crippen LogP contribution >= 0.6 is 0 Å². The Morgan fingerprint density at radius 3 is 0.927 bits per heavy atom. The van der Waals surface area contributed by atoms with Gasteiger partial charge in [0.2, 0.25) is 0 Å². The lowest BCUT2D eigenvalue weighted by molar-refractivity contribution is 0.423. The summed E-state index contributed by atoms with van der Waals surface area (Å²) in [6.45, 7) is 34.1. The highest BCUT2D eigenvalue weighted by atomic mass is 15.1. The fraction of sp³-hybridized carbons (Fsp3) is 0.192. The summed E-state index contributed by atoms with van der Waals surface area (Å²) in [5.41, 5.74) is 23.9. The maximum atomic E-state index is 2.43. The molecule has 542 valence electrons. The highest BCUT2D eigenvalue weighted by Gasteiger charge is 2.26. The van der Waals surface area contributed by atoms with Crippen molar-refractivity contribution in [3.8, 4) is 22.7 Å². The maximum absolute atomic E-state index is 2.43. The second-order valence-corrected chi connectivity index (χ2v) is 34.2. The molecule has 19 aromatic rings. The van der Waals surface area contributed by atoms with Crippen molar-refractivity contribution in [3.63, 3.8) is 0 Å². The number of para-hydroxylation sites is 11. The van der Waals surface area contributed by atoms with Gasteiger partial charge in [0.05, 0.1) is 44.1 Å². The molecule has 0 bridgehead atoms. The second kappa shape index (κ2) is 29.0. The molecule has 5 heteroatoms. The van der Waals surface area contributed by atoms with Gasteiger partial charge in [0.25, 0.3) is 0 Å². The quantitative estimate of drug-likeness (QED) is 0.168. The summed E-state index contributed by atoms with van der Waals surface area (Å²) in [6.07, 6.45) is 0. The van der Waals surface area contributed by atoms with Crippen LogP contribution in [0.25, 0.3) is 132 Å². The standard InChI is InChI=1S/4C22H21N.C16H17N/c1-22(2,3)19-14-9-13-18-17-12-7-8-15-20(17)23(21(18)19)16-10-5-4-6-11-16;1-22(2,3)18-13-9-15-20-21(18)17-12-7-8-14-19(17)23(20)16-10-5-4-6-11-16;1-22(2,3)16-13-14-21-19(15-16)18-11-7-8-12-20(18)23(21)17-9-5-4-6-10-17;1-22(2,3)16-13-14-19-18-11-7-8-12-20(18)23(21(19)15-16)17-9-5-4-6-10-17;1-16(2,3)17-14-10-6-4-8-12(14)13-9-5-7-11-15(13)17/h4*4-15H,1-3H3;4-11H,1-3H3. The summed E-state index contributed by atoms with van der Waals surface area (Å²) >= 11 is 0. The van der Waals surface area contributed by atoms with Crippen molar-refractivity contribution < 1.29 is 0 Å². The fourth-order valence-electron chi connectivity index (χ4n) is 16.2. The Kier molecular flexibility index (Phi) is 19.3. The minimum Gasteiger partial charge on any atom is -0.335 e. The van der Waals surface area contributed by atoms with E-state index in [-0.39, 0.29) is 27.2 Å². The van der Waals surface area contributed by atoms with Crippen molar-refractivity contribution >= 4 is 109 Å². The Morgan fingerprint density at radius 2 is 0.477 bits per heavy atom. The molecule has 0 spiro atoms. The van der Waals surface area contributed by atoms with E-state index in [1.165, 1.54) is 154 Å². The molecule has 0 atom stereocenters. The first-order chi connectivity index (χ1) is 52.3. The van der Waals surface area contributed by atoms with E-state index < -0.39 is 0 Å². The molecule has 109 heavy (non-hydrogen) atoms. The average Bonchev–Trinajstić information content (AvgIpc) is 1.61. The van der Waals surface area contributed by atoms with E-state index in [0.29, 0.717) is 0 Å². The SMILES string of the molecule is CC(C)(C)c1ccc2c(c1)c1ccccc1n2-c1ccccc1.CC(C)(C)c1ccc2c3ccccc3n(-c3ccccc3)c2c1.CC(C)(C)c1cccc2c1c1ccccc1n2-c1ccccc1.CC(C)(C)c1cccc2c3ccccc3n(-c3ccccc3)c12.CC(C)(C)n1c2ccccc2c2ccccc21. The van der Waals surface area contributed by atoms with E-state index in [1.54, 1.807) is 0 Å². The Hall–Kier alpha value is -11.9. The number of nitrogens with zero attached hydrogens (tertiary/aromatic N) is 5. The molecule has 0 unspecified atom stereocenters. The van der Waals surface area contributed by atoms with Gasteiger partial charge in [0.15, 0.2) is 0 Å². The zero-order valence-electron chi connectivity index (χ0n) is 66.1. The van der Waals surface area contributed by atoms with E-state index in [2.05, 4.69) is 466 Å². The third-order valence-corrected chi connectivity index (χ3v) is 21.4. The zero-order chi connectivity index (χ0) is 76.2. The van der Waals surface area contributed by atoms with Crippen LogP contribution in [0.1, 0.15) is 126 Å². The minimum absolute atomic E-state index is 0.0976. The van der Waals surface area contributed by atoms with Gasteiger partial charge < -0.3 is 22.8 Å². The molecular weight excluding hydrogens is 1320 g/mol. The number of hydrogen-bond donors (Lipinski definition) is 0. The average molecular weight is 1420 g/mol. The Morgan fingerprint density at radius 1 is 0.183 bits per heavy atom. The highest BCUT2D eigenvalue weighted by Crippen LogP contribution is 2.43. The van der Waals surface area contributed by atoms with Crippen LogP contribution in [-0.2, 0) is 27.2 Å². The second-order valence-electron chi connectivity index (χ2n) is 34.2. The molecular formula is C104H101N5. The fourth-order valence-corrected chi connectivity index (χ4v) is 16.2. The van der Waals surface area contributed by atoms with E-state index in [1.807, 2.05) is 0 Å². The molecule has 0 fully saturated rings. The summed E-state index contributed by atoms with van der Waals surface area (Å²) in [6, 6.07) is 122. The van der Waals surface area contributed by atoms with Gasteiger partial charge in [-0.25, -0.2) is 0 Å². The van der Waals surface area contributed by atoms with Crippen LogP contribution in [0.3, 0.4) is 0 Å². The predicted octanol–water partition coefficient (Wildman–Crippen LogP) is 28.9. The van der Waals surface area contributed by atoms with E-state index in [4.69, 9.17) is 0 Å². The molecule has 0 aliphatic rings. The lowest BCUT2D eigenvalue weighted by Gasteiger charge is -2.24. The van der Waals surface area contributed by atoms with Crippen LogP contribution in [0.5, 0.6) is 0 Å². The zero-order valence-corrected chi connectivity index (χ0v) is 66.1. The molecule has 5 aromatic heterocycles. The van der Waals surface area contributed by atoms with Crippen LogP contribution in [0.15, 0.2) is 340 Å². The van der Waals surface area contributed by atoms with Gasteiger partial charge in [-0.3, -0.25) is 0 Å². The summed E-state index contributed by atoms with van der Waals surface area (Å²) in [5.74, 6) is 0. The van der Waals surface area contributed by atoms with Crippen molar-refractivity contribution in [2.24, 2.45) is 0 Å². The molecule has 0 saturated carbocycles. The third kappa shape index (κ3) is 14.0. The maximum Gasteiger partial charge on any atom is 0.0578 e. The first kappa shape index (κ1) is 72.6. The van der Waals surface area contributed by atoms with Crippen LogP contribution < -0.4 is 0 Å². The smallest absolute Gasteiger partial charge is 0.0578 e. The van der Waals surface area contributed by atoms with Gasteiger partial charge in [-0.2, -0.15) is 0 Å². The normalized spacial score (nSPS) is 12.2. The molecule has 5 nitrogen and oxygen atoms in total. The lowest BCUT2D eigenvalue weighted by Crippen LogP contribution is -2.21. The molecule has 0 saturated heterocycles. The van der Waals surface area contributed by atoms with Gasteiger partial charge in [0.1, 0.15) is 0 Å². The van der Waals surface area contributed by atoms with E-state index >= 15 is 0 Å². The van der Waals surface area contributed by atoms with Crippen LogP contribution in [0, 0.1) is 0 Å². The number of fused-ring (bicyclic) bond motifs is 15. The molecule has 0 amide bonds. The van der Waals surface area contributed by atoms with Crippen molar-refractivity contribution in [1.29, 1.82) is 0 Å². The van der Waals surface area contributed by atoms with Crippen LogP contribution in [0.2, 0.25) is 0 Å². The van der Waals surface area contributed by atoms with Crippen molar-refractivity contribution in [2.45, 2.75) is 131 Å². The Balaban J connectivity index is 0.000000109.